The maximum Gasteiger partial charge on any atom is 0.261 e. The summed E-state index contributed by atoms with van der Waals surface area (Å²) in [7, 11) is -3.10. The predicted molar refractivity (Wildman–Crippen MR) is 92.9 cm³/mol. The maximum absolute atomic E-state index is 13.3. The van der Waals surface area contributed by atoms with Crippen LogP contribution in [0, 0.1) is 5.82 Å². The van der Waals surface area contributed by atoms with Gasteiger partial charge >= 0.3 is 0 Å². The van der Waals surface area contributed by atoms with E-state index in [1.165, 1.54) is 29.1 Å². The van der Waals surface area contributed by atoms with E-state index in [9.17, 15) is 22.4 Å². The zero-order valence-electron chi connectivity index (χ0n) is 14.0. The van der Waals surface area contributed by atoms with Gasteiger partial charge in [-0.3, -0.25) is 14.2 Å². The van der Waals surface area contributed by atoms with Gasteiger partial charge in [-0.05, 0) is 31.4 Å². The maximum atomic E-state index is 13.3. The van der Waals surface area contributed by atoms with Crippen LogP contribution in [-0.4, -0.2) is 52.4 Å². The molecule has 0 radical (unpaired) electrons. The first-order valence-corrected chi connectivity index (χ1v) is 10.3. The molecule has 2 aromatic rings. The first-order valence-electron chi connectivity index (χ1n) is 8.50. The van der Waals surface area contributed by atoms with E-state index in [1.54, 1.807) is 4.90 Å². The Balaban J connectivity index is 1.60. The molecule has 7 nitrogen and oxygen atoms in total. The summed E-state index contributed by atoms with van der Waals surface area (Å²) in [4.78, 5) is 31.1. The summed E-state index contributed by atoms with van der Waals surface area (Å²) in [6.07, 6.45) is 3.38. The number of halogens is 1. The first-order chi connectivity index (χ1) is 12.3. The first kappa shape index (κ1) is 17.1. The van der Waals surface area contributed by atoms with Gasteiger partial charge in [-0.2, -0.15) is 0 Å². The highest BCUT2D eigenvalue weighted by molar-refractivity contribution is 7.91. The molecule has 1 aromatic heterocycles. The lowest BCUT2D eigenvalue weighted by atomic mass is 10.2. The van der Waals surface area contributed by atoms with E-state index in [4.69, 9.17) is 0 Å². The Bertz CT molecular complexity index is 1050. The quantitative estimate of drug-likeness (QED) is 0.781. The van der Waals surface area contributed by atoms with Crippen LogP contribution >= 0.6 is 0 Å². The topological polar surface area (TPSA) is 89.3 Å². The molecular weight excluding hydrogens is 361 g/mol. The third-order valence-electron chi connectivity index (χ3n) is 4.92. The minimum atomic E-state index is -3.10. The number of benzene rings is 1. The fourth-order valence-electron chi connectivity index (χ4n) is 3.52. The molecule has 0 bridgehead atoms. The molecule has 26 heavy (non-hydrogen) atoms. The zero-order chi connectivity index (χ0) is 18.5. The minimum absolute atomic E-state index is 0.0145. The molecule has 9 heteroatoms. The van der Waals surface area contributed by atoms with Crippen molar-refractivity contribution in [3.63, 3.8) is 0 Å². The van der Waals surface area contributed by atoms with Gasteiger partial charge in [-0.15, -0.1) is 0 Å². The molecule has 1 saturated carbocycles. The van der Waals surface area contributed by atoms with Crippen LogP contribution in [0.4, 0.5) is 4.39 Å². The number of nitrogens with zero attached hydrogens (tertiary/aromatic N) is 3. The van der Waals surface area contributed by atoms with Crippen LogP contribution in [-0.2, 0) is 21.2 Å². The number of hydrogen-bond acceptors (Lipinski definition) is 5. The third kappa shape index (κ3) is 3.23. The van der Waals surface area contributed by atoms with Crippen LogP contribution in [0.15, 0.2) is 29.3 Å². The van der Waals surface area contributed by atoms with Gasteiger partial charge in [0, 0.05) is 18.2 Å². The van der Waals surface area contributed by atoms with E-state index in [0.717, 1.165) is 12.8 Å². The second-order valence-corrected chi connectivity index (χ2v) is 9.16. The van der Waals surface area contributed by atoms with Crippen molar-refractivity contribution in [1.29, 1.82) is 0 Å². The van der Waals surface area contributed by atoms with Crippen molar-refractivity contribution >= 4 is 26.6 Å². The SMILES string of the molecule is O=C(Cn1cnc2cc(F)ccc2c1=O)N(C1CC1)C1CCS(=O)(=O)C1. The number of amides is 1. The average molecular weight is 379 g/mol. The highest BCUT2D eigenvalue weighted by Gasteiger charge is 2.42. The van der Waals surface area contributed by atoms with Gasteiger partial charge in [-0.1, -0.05) is 0 Å². The Morgan fingerprint density at radius 1 is 1.27 bits per heavy atom. The molecule has 2 aliphatic rings. The van der Waals surface area contributed by atoms with Gasteiger partial charge in [0.2, 0.25) is 5.91 Å². The van der Waals surface area contributed by atoms with Crippen molar-refractivity contribution in [2.24, 2.45) is 0 Å². The highest BCUT2D eigenvalue weighted by Crippen LogP contribution is 2.32. The largest absolute Gasteiger partial charge is 0.334 e. The lowest BCUT2D eigenvalue weighted by Gasteiger charge is -2.28. The van der Waals surface area contributed by atoms with E-state index in [2.05, 4.69) is 4.98 Å². The number of sulfone groups is 1. The molecule has 4 rings (SSSR count). The molecule has 1 unspecified atom stereocenters. The van der Waals surface area contributed by atoms with Crippen molar-refractivity contribution in [1.82, 2.24) is 14.5 Å². The monoisotopic (exact) mass is 379 g/mol. The van der Waals surface area contributed by atoms with E-state index in [1.807, 2.05) is 0 Å². The molecule has 138 valence electrons. The number of hydrogen-bond donors (Lipinski definition) is 0. The van der Waals surface area contributed by atoms with Gasteiger partial charge in [0.25, 0.3) is 5.56 Å². The minimum Gasteiger partial charge on any atom is -0.334 e. The lowest BCUT2D eigenvalue weighted by molar-refractivity contribution is -0.134. The molecule has 1 saturated heterocycles. The van der Waals surface area contributed by atoms with Gasteiger partial charge in [0.15, 0.2) is 9.84 Å². The molecule has 0 N–H and O–H groups in total. The number of fused-ring (bicyclic) bond motifs is 1. The molecule has 1 amide bonds. The van der Waals surface area contributed by atoms with Crippen molar-refractivity contribution in [3.8, 4) is 0 Å². The average Bonchev–Trinajstić information content (AvgIpc) is 3.33. The van der Waals surface area contributed by atoms with Gasteiger partial charge in [-0.25, -0.2) is 17.8 Å². The highest BCUT2D eigenvalue weighted by atomic mass is 32.2. The van der Waals surface area contributed by atoms with Crippen molar-refractivity contribution in [2.45, 2.75) is 37.9 Å². The fraction of sp³-hybridized carbons (Fsp3) is 0.471. The van der Waals surface area contributed by atoms with Crippen molar-refractivity contribution in [2.75, 3.05) is 11.5 Å². The summed E-state index contributed by atoms with van der Waals surface area (Å²) in [5.41, 5.74) is -0.183. The Morgan fingerprint density at radius 3 is 2.69 bits per heavy atom. The molecule has 1 atom stereocenters. The van der Waals surface area contributed by atoms with Crippen LogP contribution < -0.4 is 5.56 Å². The Labute approximate surface area is 149 Å². The van der Waals surface area contributed by atoms with Crippen LogP contribution in [0.3, 0.4) is 0 Å². The van der Waals surface area contributed by atoms with Gasteiger partial charge in [0.05, 0.1) is 28.7 Å². The molecule has 1 aliphatic heterocycles. The third-order valence-corrected chi connectivity index (χ3v) is 6.67. The summed E-state index contributed by atoms with van der Waals surface area (Å²) in [5.74, 6) is -0.683. The van der Waals surface area contributed by atoms with E-state index in [0.29, 0.717) is 6.42 Å². The van der Waals surface area contributed by atoms with Crippen LogP contribution in [0.5, 0.6) is 0 Å². The Hall–Kier alpha value is -2.29. The summed E-state index contributed by atoms with van der Waals surface area (Å²) < 4.78 is 38.0. The Kier molecular flexibility index (Phi) is 4.06. The van der Waals surface area contributed by atoms with Gasteiger partial charge < -0.3 is 4.90 Å². The van der Waals surface area contributed by atoms with Crippen LogP contribution in [0.25, 0.3) is 10.9 Å². The fourth-order valence-corrected chi connectivity index (χ4v) is 5.24. The second kappa shape index (κ2) is 6.15. The Morgan fingerprint density at radius 2 is 2.04 bits per heavy atom. The summed E-state index contributed by atoms with van der Waals surface area (Å²) in [5, 5.41) is 0.239. The van der Waals surface area contributed by atoms with Crippen molar-refractivity contribution < 1.29 is 17.6 Å². The van der Waals surface area contributed by atoms with Gasteiger partial charge in [0.1, 0.15) is 12.4 Å². The summed E-state index contributed by atoms with van der Waals surface area (Å²) in [6, 6.07) is 3.43. The zero-order valence-corrected chi connectivity index (χ0v) is 14.8. The van der Waals surface area contributed by atoms with Crippen LogP contribution in [0.2, 0.25) is 0 Å². The van der Waals surface area contributed by atoms with Crippen molar-refractivity contribution in [3.05, 3.63) is 40.7 Å². The number of carbonyl (C=O) groups excluding carboxylic acids is 1. The molecular formula is C17H18FN3O4S. The molecule has 1 aromatic carbocycles. The van der Waals surface area contributed by atoms with Crippen LogP contribution in [0.1, 0.15) is 19.3 Å². The standard InChI is InChI=1S/C17H18FN3O4S/c18-11-1-4-14-15(7-11)19-10-20(17(14)23)8-16(22)21(12-2-3-12)13-5-6-26(24,25)9-13/h1,4,7,10,12-13H,2-3,5-6,8-9H2. The normalized spacial score (nSPS) is 21.8. The van der Waals surface area contributed by atoms with E-state index >= 15 is 0 Å². The molecule has 0 spiro atoms. The lowest BCUT2D eigenvalue weighted by Crippen LogP contribution is -2.45. The smallest absolute Gasteiger partial charge is 0.261 e. The molecule has 2 heterocycles. The molecule has 1 aliphatic carbocycles. The number of carbonyl (C=O) groups is 1. The second-order valence-electron chi connectivity index (χ2n) is 6.93. The number of aromatic nitrogens is 2. The van der Waals surface area contributed by atoms with E-state index < -0.39 is 21.2 Å². The summed E-state index contributed by atoms with van der Waals surface area (Å²) >= 11 is 0. The summed E-state index contributed by atoms with van der Waals surface area (Å²) in [6.45, 7) is -0.202. The molecule has 2 fully saturated rings. The van der Waals surface area contributed by atoms with E-state index in [-0.39, 0.29) is 46.9 Å². The predicted octanol–water partition coefficient (Wildman–Crippen LogP) is 0.714. The number of rotatable bonds is 4.